The highest BCUT2D eigenvalue weighted by Crippen LogP contribution is 2.33. The number of hydrogen-bond acceptors (Lipinski definition) is 6. The quantitative estimate of drug-likeness (QED) is 0.441. The van der Waals surface area contributed by atoms with Crippen LogP contribution in [0, 0.1) is 13.8 Å². The van der Waals surface area contributed by atoms with Gasteiger partial charge in [-0.1, -0.05) is 11.6 Å². The molecule has 2 aliphatic rings. The number of nitrogens with two attached hydrogens (primary N) is 1. The number of likely N-dealkylation sites (tertiary alicyclic amines) is 1. The normalized spacial score (nSPS) is 18.4. The second kappa shape index (κ2) is 10.0. The Bertz CT molecular complexity index is 1140. The molecule has 0 saturated carbocycles. The Morgan fingerprint density at radius 2 is 1.79 bits per heavy atom. The van der Waals surface area contributed by atoms with E-state index >= 15 is 0 Å². The van der Waals surface area contributed by atoms with Gasteiger partial charge in [-0.05, 0) is 64.3 Å². The molecule has 3 aromatic rings. The van der Waals surface area contributed by atoms with Crippen LogP contribution < -0.4 is 10.6 Å². The number of rotatable bonds is 3. The molecule has 1 aromatic carbocycles. The summed E-state index contributed by atoms with van der Waals surface area (Å²) in [6.07, 6.45) is 9.18. The first kappa shape index (κ1) is 23.4. The van der Waals surface area contributed by atoms with E-state index in [0.29, 0.717) is 11.3 Å². The zero-order chi connectivity index (χ0) is 23.5. The molecule has 0 aliphatic carbocycles. The number of fused-ring (bicyclic) bond motifs is 1. The predicted octanol–water partition coefficient (Wildman–Crippen LogP) is 4.44. The fraction of sp³-hybridized carbons (Fsp3) is 0.480. The largest absolute Gasteiger partial charge is 0.398 e. The van der Waals surface area contributed by atoms with Gasteiger partial charge in [0.25, 0.3) is 5.91 Å². The molecule has 33 heavy (non-hydrogen) atoms. The van der Waals surface area contributed by atoms with Crippen molar-refractivity contribution in [2.45, 2.75) is 52.0 Å². The molecule has 176 valence electrons. The third-order valence-electron chi connectivity index (χ3n) is 6.57. The van der Waals surface area contributed by atoms with E-state index < -0.39 is 0 Å². The van der Waals surface area contributed by atoms with E-state index in [1.807, 2.05) is 34.5 Å². The molecular weight excluding hydrogens is 432 g/mol. The minimum Gasteiger partial charge on any atom is -0.398 e. The number of thiol groups is 1. The molecule has 2 fully saturated rings. The molecule has 2 aliphatic heterocycles. The lowest BCUT2D eigenvalue weighted by molar-refractivity contribution is 0.0606. The SMILES string of the molecule is CS.Cc1ccc(N)c(C(=O)N2CCCCC2c2cc3nc(N4CCCC4)c(C)cn3n2)c1. The van der Waals surface area contributed by atoms with Gasteiger partial charge in [0.1, 0.15) is 5.82 Å². The second-order valence-electron chi connectivity index (χ2n) is 8.91. The minimum atomic E-state index is -0.0570. The van der Waals surface area contributed by atoms with Gasteiger partial charge in [-0.2, -0.15) is 17.7 Å². The number of anilines is 2. The molecule has 1 unspecified atom stereocenters. The third kappa shape index (κ3) is 4.67. The highest BCUT2D eigenvalue weighted by atomic mass is 32.1. The number of benzene rings is 1. The number of amides is 1. The molecule has 1 atom stereocenters. The van der Waals surface area contributed by atoms with Crippen LogP contribution in [0.1, 0.15) is 65.3 Å². The molecule has 2 saturated heterocycles. The smallest absolute Gasteiger partial charge is 0.256 e. The van der Waals surface area contributed by atoms with E-state index in [4.69, 9.17) is 15.8 Å². The summed E-state index contributed by atoms with van der Waals surface area (Å²) in [5.41, 5.74) is 11.2. The highest BCUT2D eigenvalue weighted by Gasteiger charge is 2.31. The molecule has 5 rings (SSSR count). The maximum absolute atomic E-state index is 13.4. The van der Waals surface area contributed by atoms with Gasteiger partial charge in [-0.15, -0.1) is 0 Å². The highest BCUT2D eigenvalue weighted by molar-refractivity contribution is 7.79. The Labute approximate surface area is 201 Å². The molecule has 2 N–H and O–H groups in total. The molecule has 2 aromatic heterocycles. The van der Waals surface area contributed by atoms with E-state index in [0.717, 1.165) is 67.2 Å². The van der Waals surface area contributed by atoms with Gasteiger partial charge in [0.15, 0.2) is 5.65 Å². The summed E-state index contributed by atoms with van der Waals surface area (Å²) in [5, 5.41) is 4.84. The Hall–Kier alpha value is -2.74. The number of aryl methyl sites for hydroxylation is 2. The zero-order valence-electron chi connectivity index (χ0n) is 19.8. The van der Waals surface area contributed by atoms with E-state index in [1.165, 1.54) is 12.8 Å². The molecule has 1 amide bonds. The number of nitrogens with zero attached hydrogens (tertiary/aromatic N) is 5. The van der Waals surface area contributed by atoms with E-state index in [1.54, 1.807) is 6.26 Å². The summed E-state index contributed by atoms with van der Waals surface area (Å²) in [4.78, 5) is 22.7. The Balaban J connectivity index is 0.00000126. The topological polar surface area (TPSA) is 79.8 Å². The maximum atomic E-state index is 13.4. The minimum absolute atomic E-state index is 0.00940. The standard InChI is InChI=1S/C24H30N6O.CH4S/c1-16-8-9-19(25)18(13-16)24(31)29-12-4-3-7-21(29)20-14-22-26-23(28-10-5-6-11-28)17(2)15-30(22)27-20;1-2/h8-9,13-15,21H,3-7,10-12,25H2,1-2H3;2H,1H3. The van der Waals surface area contributed by atoms with Crippen molar-refractivity contribution in [3.63, 3.8) is 0 Å². The van der Waals surface area contributed by atoms with Gasteiger partial charge < -0.3 is 15.5 Å². The fourth-order valence-electron chi connectivity index (χ4n) is 4.92. The van der Waals surface area contributed by atoms with Gasteiger partial charge in [0.2, 0.25) is 0 Å². The molecular formula is C25H34N6OS. The van der Waals surface area contributed by atoms with Crippen molar-refractivity contribution < 1.29 is 4.79 Å². The van der Waals surface area contributed by atoms with Crippen LogP contribution >= 0.6 is 12.6 Å². The van der Waals surface area contributed by atoms with E-state index in [2.05, 4.69) is 36.7 Å². The molecule has 8 heteroatoms. The first-order valence-electron chi connectivity index (χ1n) is 11.7. The lowest BCUT2D eigenvalue weighted by atomic mass is 9.97. The number of nitrogen functional groups attached to an aromatic ring is 1. The summed E-state index contributed by atoms with van der Waals surface area (Å²) in [6, 6.07) is 7.64. The van der Waals surface area contributed by atoms with Crippen molar-refractivity contribution in [3.8, 4) is 0 Å². The molecule has 0 radical (unpaired) electrons. The van der Waals surface area contributed by atoms with Gasteiger partial charge >= 0.3 is 0 Å². The van der Waals surface area contributed by atoms with Crippen molar-refractivity contribution in [1.29, 1.82) is 0 Å². The van der Waals surface area contributed by atoms with Crippen LogP contribution in [0.3, 0.4) is 0 Å². The summed E-state index contributed by atoms with van der Waals surface area (Å²) in [7, 11) is 0. The van der Waals surface area contributed by atoms with Crippen molar-refractivity contribution in [1.82, 2.24) is 19.5 Å². The predicted molar refractivity (Wildman–Crippen MR) is 137 cm³/mol. The van der Waals surface area contributed by atoms with Crippen LogP contribution in [0.2, 0.25) is 0 Å². The average molecular weight is 467 g/mol. The van der Waals surface area contributed by atoms with Crippen LogP contribution in [0.5, 0.6) is 0 Å². The van der Waals surface area contributed by atoms with Gasteiger partial charge in [-0.25, -0.2) is 9.50 Å². The van der Waals surface area contributed by atoms with Gasteiger partial charge in [0.05, 0.1) is 17.3 Å². The lowest BCUT2D eigenvalue weighted by Crippen LogP contribution is -2.39. The van der Waals surface area contributed by atoms with E-state index in [-0.39, 0.29) is 11.9 Å². The zero-order valence-corrected chi connectivity index (χ0v) is 20.7. The molecule has 0 bridgehead atoms. The number of hydrogen-bond donors (Lipinski definition) is 2. The summed E-state index contributed by atoms with van der Waals surface area (Å²) in [6.45, 7) is 6.92. The maximum Gasteiger partial charge on any atom is 0.256 e. The van der Waals surface area contributed by atoms with Crippen LogP contribution in [0.25, 0.3) is 5.65 Å². The van der Waals surface area contributed by atoms with Crippen LogP contribution in [-0.4, -0.2) is 51.3 Å². The number of piperidine rings is 1. The van der Waals surface area contributed by atoms with Gasteiger partial charge in [-0.3, -0.25) is 4.79 Å². The lowest BCUT2D eigenvalue weighted by Gasteiger charge is -2.35. The first-order chi connectivity index (χ1) is 16.0. The van der Waals surface area contributed by atoms with Crippen LogP contribution in [0.15, 0.2) is 30.5 Å². The van der Waals surface area contributed by atoms with Crippen molar-refractivity contribution in [3.05, 3.63) is 52.8 Å². The molecule has 7 nitrogen and oxygen atoms in total. The number of aromatic nitrogens is 3. The van der Waals surface area contributed by atoms with Crippen LogP contribution in [0.4, 0.5) is 11.5 Å². The number of carbonyl (C=O) groups excluding carboxylic acids is 1. The molecule has 0 spiro atoms. The van der Waals surface area contributed by atoms with Crippen molar-refractivity contribution >= 4 is 35.7 Å². The third-order valence-corrected chi connectivity index (χ3v) is 6.57. The summed E-state index contributed by atoms with van der Waals surface area (Å²) < 4.78 is 1.86. The Kier molecular flexibility index (Phi) is 7.12. The van der Waals surface area contributed by atoms with Crippen LogP contribution in [-0.2, 0) is 0 Å². The monoisotopic (exact) mass is 466 g/mol. The Morgan fingerprint density at radius 3 is 2.55 bits per heavy atom. The summed E-state index contributed by atoms with van der Waals surface area (Å²) in [5.74, 6) is 1.05. The second-order valence-corrected chi connectivity index (χ2v) is 8.91. The fourth-order valence-corrected chi connectivity index (χ4v) is 4.92. The van der Waals surface area contributed by atoms with Crippen molar-refractivity contribution in [2.75, 3.05) is 36.5 Å². The van der Waals surface area contributed by atoms with Crippen molar-refractivity contribution in [2.24, 2.45) is 0 Å². The first-order valence-corrected chi connectivity index (χ1v) is 12.6. The van der Waals surface area contributed by atoms with E-state index in [9.17, 15) is 4.79 Å². The van der Waals surface area contributed by atoms with Gasteiger partial charge in [0, 0.05) is 43.1 Å². The average Bonchev–Trinajstić information content (AvgIpc) is 3.51. The molecule has 4 heterocycles. The summed E-state index contributed by atoms with van der Waals surface area (Å²) >= 11 is 3.53. The Morgan fingerprint density at radius 1 is 1.06 bits per heavy atom. The number of carbonyl (C=O) groups is 1.